The molecule has 0 saturated carbocycles. The number of rotatable bonds is 2. The standard InChI is InChI=1S/C8H12O3/c1-5-7(6(2)9)4-11-8(5)10-3/h4-5,8H,1-3H3. The van der Waals surface area contributed by atoms with Crippen molar-refractivity contribution in [2.24, 2.45) is 5.92 Å². The van der Waals surface area contributed by atoms with Gasteiger partial charge in [0.15, 0.2) is 5.78 Å². The molecule has 11 heavy (non-hydrogen) atoms. The Morgan fingerprint density at radius 3 is 2.64 bits per heavy atom. The molecule has 0 radical (unpaired) electrons. The second-order valence-corrected chi connectivity index (χ2v) is 2.66. The zero-order valence-electron chi connectivity index (χ0n) is 6.96. The molecule has 0 saturated heterocycles. The predicted octanol–water partition coefficient (Wildman–Crippen LogP) is 1.10. The van der Waals surface area contributed by atoms with Gasteiger partial charge in [-0.3, -0.25) is 4.79 Å². The Morgan fingerprint density at radius 2 is 2.36 bits per heavy atom. The van der Waals surface area contributed by atoms with Gasteiger partial charge in [-0.15, -0.1) is 0 Å². The molecule has 0 aromatic heterocycles. The number of hydrogen-bond acceptors (Lipinski definition) is 3. The second kappa shape index (κ2) is 3.05. The van der Waals surface area contributed by atoms with Crippen LogP contribution in [0.4, 0.5) is 0 Å². The molecule has 0 N–H and O–H groups in total. The van der Waals surface area contributed by atoms with Gasteiger partial charge in [-0.1, -0.05) is 6.92 Å². The molecule has 0 aromatic carbocycles. The minimum atomic E-state index is -0.283. The summed E-state index contributed by atoms with van der Waals surface area (Å²) in [4.78, 5) is 10.9. The van der Waals surface area contributed by atoms with Crippen LogP contribution in [0.15, 0.2) is 11.8 Å². The molecule has 1 aliphatic rings. The normalized spacial score (nSPS) is 29.5. The number of hydrogen-bond donors (Lipinski definition) is 0. The zero-order valence-corrected chi connectivity index (χ0v) is 6.96. The summed E-state index contributed by atoms with van der Waals surface area (Å²) in [5.74, 6) is 0.106. The van der Waals surface area contributed by atoms with Crippen LogP contribution >= 0.6 is 0 Å². The quantitative estimate of drug-likeness (QED) is 0.600. The number of ketones is 1. The molecule has 0 fully saturated rings. The van der Waals surface area contributed by atoms with E-state index in [0.717, 1.165) is 0 Å². The Labute approximate surface area is 66.0 Å². The minimum absolute atomic E-state index is 0.0528. The Bertz CT molecular complexity index is 196. The van der Waals surface area contributed by atoms with Gasteiger partial charge in [0.1, 0.15) is 0 Å². The summed E-state index contributed by atoms with van der Waals surface area (Å²) in [6.45, 7) is 3.44. The summed E-state index contributed by atoms with van der Waals surface area (Å²) >= 11 is 0. The van der Waals surface area contributed by atoms with E-state index in [1.807, 2.05) is 6.92 Å². The van der Waals surface area contributed by atoms with Crippen LogP contribution in [0.2, 0.25) is 0 Å². The van der Waals surface area contributed by atoms with E-state index in [4.69, 9.17) is 9.47 Å². The Hall–Kier alpha value is -0.830. The summed E-state index contributed by atoms with van der Waals surface area (Å²) in [6.07, 6.45) is 1.20. The highest BCUT2D eigenvalue weighted by atomic mass is 16.7. The van der Waals surface area contributed by atoms with Gasteiger partial charge in [0, 0.05) is 12.7 Å². The highest BCUT2D eigenvalue weighted by molar-refractivity contribution is 5.93. The number of carbonyl (C=O) groups is 1. The topological polar surface area (TPSA) is 35.5 Å². The number of Topliss-reactive ketones (excluding diaryl/α,β-unsaturated/α-hetero) is 1. The van der Waals surface area contributed by atoms with Gasteiger partial charge in [-0.25, -0.2) is 0 Å². The maximum atomic E-state index is 10.9. The molecule has 0 bridgehead atoms. The van der Waals surface area contributed by atoms with E-state index in [1.165, 1.54) is 13.2 Å². The van der Waals surface area contributed by atoms with E-state index in [2.05, 4.69) is 0 Å². The molecular formula is C8H12O3. The van der Waals surface area contributed by atoms with Gasteiger partial charge >= 0.3 is 0 Å². The molecule has 2 unspecified atom stereocenters. The van der Waals surface area contributed by atoms with Crippen LogP contribution in [0.1, 0.15) is 13.8 Å². The van der Waals surface area contributed by atoms with Crippen molar-refractivity contribution >= 4 is 5.78 Å². The first-order chi connectivity index (χ1) is 5.16. The summed E-state index contributed by atoms with van der Waals surface area (Å²) < 4.78 is 10.1. The molecule has 1 heterocycles. The molecule has 1 aliphatic heterocycles. The summed E-state index contributed by atoms with van der Waals surface area (Å²) in [5, 5.41) is 0. The Balaban J connectivity index is 2.66. The number of ether oxygens (including phenoxy) is 2. The zero-order chi connectivity index (χ0) is 8.43. The molecular weight excluding hydrogens is 144 g/mol. The average molecular weight is 156 g/mol. The SMILES string of the molecule is COC1OC=C(C(C)=O)C1C. The van der Waals surface area contributed by atoms with Gasteiger partial charge < -0.3 is 9.47 Å². The molecule has 62 valence electrons. The lowest BCUT2D eigenvalue weighted by Gasteiger charge is -2.13. The maximum absolute atomic E-state index is 10.9. The third kappa shape index (κ3) is 1.43. The Kier molecular flexibility index (Phi) is 2.29. The average Bonchev–Trinajstić information content (AvgIpc) is 2.30. The Morgan fingerprint density at radius 1 is 1.73 bits per heavy atom. The highest BCUT2D eigenvalue weighted by Gasteiger charge is 2.29. The van der Waals surface area contributed by atoms with Crippen molar-refractivity contribution in [2.75, 3.05) is 7.11 Å². The van der Waals surface area contributed by atoms with Gasteiger partial charge in [0.05, 0.1) is 12.2 Å². The van der Waals surface area contributed by atoms with Gasteiger partial charge in [-0.05, 0) is 6.92 Å². The molecule has 3 heteroatoms. The van der Waals surface area contributed by atoms with Crippen LogP contribution in [-0.4, -0.2) is 19.2 Å². The summed E-state index contributed by atoms with van der Waals surface area (Å²) in [6, 6.07) is 0. The molecule has 0 amide bonds. The van der Waals surface area contributed by atoms with Crippen molar-refractivity contribution in [1.29, 1.82) is 0 Å². The summed E-state index contributed by atoms with van der Waals surface area (Å²) in [5.41, 5.74) is 0.705. The lowest BCUT2D eigenvalue weighted by Crippen LogP contribution is -2.19. The van der Waals surface area contributed by atoms with Crippen LogP contribution in [0.25, 0.3) is 0 Å². The fourth-order valence-electron chi connectivity index (χ4n) is 1.18. The van der Waals surface area contributed by atoms with E-state index in [0.29, 0.717) is 5.57 Å². The third-order valence-electron chi connectivity index (χ3n) is 1.87. The number of methoxy groups -OCH3 is 1. The van der Waals surface area contributed by atoms with Crippen molar-refractivity contribution in [3.63, 3.8) is 0 Å². The van der Waals surface area contributed by atoms with Crippen molar-refractivity contribution in [1.82, 2.24) is 0 Å². The van der Waals surface area contributed by atoms with E-state index in [9.17, 15) is 4.79 Å². The fraction of sp³-hybridized carbons (Fsp3) is 0.625. The predicted molar refractivity (Wildman–Crippen MR) is 39.8 cm³/mol. The van der Waals surface area contributed by atoms with Crippen LogP contribution in [0, 0.1) is 5.92 Å². The minimum Gasteiger partial charge on any atom is -0.471 e. The fourth-order valence-corrected chi connectivity index (χ4v) is 1.18. The molecule has 0 spiro atoms. The third-order valence-corrected chi connectivity index (χ3v) is 1.87. The van der Waals surface area contributed by atoms with Crippen molar-refractivity contribution in [3.05, 3.63) is 11.8 Å². The van der Waals surface area contributed by atoms with Crippen molar-refractivity contribution in [2.45, 2.75) is 20.1 Å². The van der Waals surface area contributed by atoms with Gasteiger partial charge in [0.25, 0.3) is 0 Å². The van der Waals surface area contributed by atoms with Gasteiger partial charge in [0.2, 0.25) is 6.29 Å². The van der Waals surface area contributed by atoms with E-state index >= 15 is 0 Å². The van der Waals surface area contributed by atoms with E-state index in [-0.39, 0.29) is 18.0 Å². The first-order valence-electron chi connectivity index (χ1n) is 3.56. The molecule has 1 rings (SSSR count). The van der Waals surface area contributed by atoms with Crippen LogP contribution in [-0.2, 0) is 14.3 Å². The largest absolute Gasteiger partial charge is 0.471 e. The van der Waals surface area contributed by atoms with Crippen molar-refractivity contribution < 1.29 is 14.3 Å². The van der Waals surface area contributed by atoms with E-state index in [1.54, 1.807) is 7.11 Å². The first-order valence-corrected chi connectivity index (χ1v) is 3.56. The second-order valence-electron chi connectivity index (χ2n) is 2.66. The van der Waals surface area contributed by atoms with Crippen LogP contribution in [0.3, 0.4) is 0 Å². The molecule has 0 aromatic rings. The monoisotopic (exact) mass is 156 g/mol. The van der Waals surface area contributed by atoms with E-state index < -0.39 is 0 Å². The van der Waals surface area contributed by atoms with Crippen molar-refractivity contribution in [3.8, 4) is 0 Å². The lowest BCUT2D eigenvalue weighted by atomic mass is 10.0. The van der Waals surface area contributed by atoms with Crippen LogP contribution < -0.4 is 0 Å². The number of carbonyl (C=O) groups excluding carboxylic acids is 1. The van der Waals surface area contributed by atoms with Crippen LogP contribution in [0.5, 0.6) is 0 Å². The molecule has 2 atom stereocenters. The van der Waals surface area contributed by atoms with Gasteiger partial charge in [-0.2, -0.15) is 0 Å². The molecule has 3 nitrogen and oxygen atoms in total. The maximum Gasteiger partial charge on any atom is 0.205 e. The summed E-state index contributed by atoms with van der Waals surface area (Å²) in [7, 11) is 1.57. The molecule has 0 aliphatic carbocycles. The first kappa shape index (κ1) is 8.27. The highest BCUT2D eigenvalue weighted by Crippen LogP contribution is 2.25. The lowest BCUT2D eigenvalue weighted by molar-refractivity contribution is -0.115. The smallest absolute Gasteiger partial charge is 0.205 e.